The molecule has 0 amide bonds. The van der Waals surface area contributed by atoms with Crippen LogP contribution in [0.5, 0.6) is 0 Å². The maximum atomic E-state index is 12.0. The summed E-state index contributed by atoms with van der Waals surface area (Å²) in [6, 6.07) is 18.0. The van der Waals surface area contributed by atoms with Crippen molar-refractivity contribution in [3.05, 3.63) is 65.7 Å². The van der Waals surface area contributed by atoms with Gasteiger partial charge < -0.3 is 9.82 Å². The Hall–Kier alpha value is -1.72. The molecule has 0 aliphatic carbocycles. The summed E-state index contributed by atoms with van der Waals surface area (Å²) in [7, 11) is 0. The van der Waals surface area contributed by atoms with Crippen molar-refractivity contribution in [1.29, 1.82) is 0 Å². The van der Waals surface area contributed by atoms with E-state index in [0.717, 1.165) is 43.0 Å². The Bertz CT molecular complexity index is 820. The number of nitrogens with zero attached hydrogens (tertiary/aromatic N) is 2. The summed E-state index contributed by atoms with van der Waals surface area (Å²) in [6.45, 7) is 2.97. The third-order valence-electron chi connectivity index (χ3n) is 4.70. The van der Waals surface area contributed by atoms with Crippen molar-refractivity contribution in [2.45, 2.75) is 19.4 Å². The van der Waals surface area contributed by atoms with Gasteiger partial charge in [-0.25, -0.2) is 9.34 Å². The number of carbonyl (C=O) groups excluding carboxylic acids is 1. The molecule has 2 aliphatic rings. The van der Waals surface area contributed by atoms with Crippen LogP contribution in [0.25, 0.3) is 0 Å². The lowest BCUT2D eigenvalue weighted by atomic mass is 10.1. The fourth-order valence-corrected chi connectivity index (χ4v) is 6.61. The van der Waals surface area contributed by atoms with Gasteiger partial charge in [-0.3, -0.25) is 4.79 Å². The lowest BCUT2D eigenvalue weighted by Crippen LogP contribution is -2.12. The molecule has 0 aromatic heterocycles. The van der Waals surface area contributed by atoms with Crippen LogP contribution in [-0.4, -0.2) is 41.5 Å². The zero-order valence-electron chi connectivity index (χ0n) is 15.2. The lowest BCUT2D eigenvalue weighted by molar-refractivity contribution is -0.144. The Balaban J connectivity index is 1.25. The molecule has 1 N–H and O–H groups in total. The summed E-state index contributed by atoms with van der Waals surface area (Å²) >= 11 is 5.93. The number of anilines is 1. The van der Waals surface area contributed by atoms with Crippen LogP contribution < -0.4 is 5.09 Å². The number of hydrogen-bond donors (Lipinski definition) is 1. The highest BCUT2D eigenvalue weighted by molar-refractivity contribution is 8.13. The van der Waals surface area contributed by atoms with Gasteiger partial charge in [0, 0.05) is 38.3 Å². The fourth-order valence-electron chi connectivity index (χ4n) is 2.92. The van der Waals surface area contributed by atoms with Gasteiger partial charge in [0.15, 0.2) is 6.49 Å². The molecule has 2 saturated heterocycles. The Kier molecular flexibility index (Phi) is 5.60. The molecule has 0 radical (unpaired) electrons. The molecular weight excluding hydrogens is 377 g/mol. The van der Waals surface area contributed by atoms with E-state index in [0.29, 0.717) is 19.4 Å². The highest BCUT2D eigenvalue weighted by atomic mass is 32.4. The molecule has 0 bridgehead atoms. The van der Waals surface area contributed by atoms with Gasteiger partial charge in [-0.15, -0.1) is 0 Å². The topological polar surface area (TPSA) is 44.3 Å². The Labute approximate surface area is 165 Å². The molecule has 2 aliphatic heterocycles. The van der Waals surface area contributed by atoms with E-state index in [-0.39, 0.29) is 5.97 Å². The predicted molar refractivity (Wildman–Crippen MR) is 112 cm³/mol. The first-order chi connectivity index (χ1) is 13.1. The SMILES string of the molecule is O=C(CCc1ccc(NP(=S)(N2CC2)N2CC2)cc1)OCc1ccccc1. The molecule has 2 aromatic carbocycles. The van der Waals surface area contributed by atoms with E-state index in [9.17, 15) is 4.79 Å². The van der Waals surface area contributed by atoms with Crippen LogP contribution >= 0.6 is 6.49 Å². The molecule has 2 heterocycles. The summed E-state index contributed by atoms with van der Waals surface area (Å²) in [5, 5.41) is 3.60. The molecule has 4 rings (SSSR count). The minimum absolute atomic E-state index is 0.167. The number of ether oxygens (including phenoxy) is 1. The van der Waals surface area contributed by atoms with Crippen LogP contribution in [0.4, 0.5) is 5.69 Å². The molecule has 0 saturated carbocycles. The maximum absolute atomic E-state index is 12.0. The summed E-state index contributed by atoms with van der Waals surface area (Å²) in [5.74, 6) is -0.167. The number of carbonyl (C=O) groups is 1. The van der Waals surface area contributed by atoms with Gasteiger partial charge >= 0.3 is 5.97 Å². The first-order valence-electron chi connectivity index (χ1n) is 9.31. The van der Waals surface area contributed by atoms with E-state index in [1.54, 1.807) is 0 Å². The van der Waals surface area contributed by atoms with Gasteiger partial charge in [0.2, 0.25) is 0 Å². The van der Waals surface area contributed by atoms with Crippen LogP contribution in [0.3, 0.4) is 0 Å². The molecule has 142 valence electrons. The molecule has 5 nitrogen and oxygen atoms in total. The maximum Gasteiger partial charge on any atom is 0.306 e. The molecule has 2 aromatic rings. The van der Waals surface area contributed by atoms with E-state index >= 15 is 0 Å². The molecule has 0 atom stereocenters. The van der Waals surface area contributed by atoms with Crippen molar-refractivity contribution in [2.75, 3.05) is 31.3 Å². The van der Waals surface area contributed by atoms with E-state index in [1.165, 1.54) is 0 Å². The van der Waals surface area contributed by atoms with Gasteiger partial charge in [0.25, 0.3) is 0 Å². The van der Waals surface area contributed by atoms with Crippen LogP contribution in [0, 0.1) is 0 Å². The second-order valence-electron chi connectivity index (χ2n) is 6.91. The number of nitrogens with one attached hydrogen (secondary N) is 1. The van der Waals surface area contributed by atoms with Crippen LogP contribution in [0.1, 0.15) is 17.5 Å². The van der Waals surface area contributed by atoms with Gasteiger partial charge in [-0.05, 0) is 41.5 Å². The van der Waals surface area contributed by atoms with Crippen molar-refractivity contribution in [3.8, 4) is 0 Å². The highest BCUT2D eigenvalue weighted by Gasteiger charge is 2.43. The predicted octanol–water partition coefficient (Wildman–Crippen LogP) is 3.63. The normalized spacial score (nSPS) is 16.7. The number of esters is 1. The second-order valence-corrected chi connectivity index (χ2v) is 10.9. The van der Waals surface area contributed by atoms with Crippen LogP contribution in [-0.2, 0) is 34.4 Å². The van der Waals surface area contributed by atoms with Crippen molar-refractivity contribution in [2.24, 2.45) is 0 Å². The van der Waals surface area contributed by atoms with Crippen molar-refractivity contribution < 1.29 is 9.53 Å². The fraction of sp³-hybridized carbons (Fsp3) is 0.350. The van der Waals surface area contributed by atoms with Gasteiger partial charge in [0.1, 0.15) is 6.61 Å². The second kappa shape index (κ2) is 8.11. The summed E-state index contributed by atoms with van der Waals surface area (Å²) in [6.07, 6.45) is 1.07. The molecule has 0 spiro atoms. The Morgan fingerprint density at radius 2 is 1.59 bits per heavy atom. The number of hydrogen-bond acceptors (Lipinski definition) is 3. The Morgan fingerprint density at radius 1 is 0.963 bits per heavy atom. The smallest absolute Gasteiger partial charge is 0.306 e. The molecule has 0 unspecified atom stereocenters. The quantitative estimate of drug-likeness (QED) is 0.393. The first kappa shape index (κ1) is 18.6. The van der Waals surface area contributed by atoms with Crippen LogP contribution in [0.2, 0.25) is 0 Å². The van der Waals surface area contributed by atoms with Crippen molar-refractivity contribution >= 4 is 30.0 Å². The minimum atomic E-state index is -1.77. The van der Waals surface area contributed by atoms with Crippen LogP contribution in [0.15, 0.2) is 54.6 Å². The molecule has 2 fully saturated rings. The highest BCUT2D eigenvalue weighted by Crippen LogP contribution is 2.59. The van der Waals surface area contributed by atoms with Crippen molar-refractivity contribution in [3.63, 3.8) is 0 Å². The first-order valence-corrected chi connectivity index (χ1v) is 12.0. The van der Waals surface area contributed by atoms with Gasteiger partial charge in [-0.1, -0.05) is 42.5 Å². The molecule has 7 heteroatoms. The third kappa shape index (κ3) is 4.96. The zero-order chi connectivity index (χ0) is 18.7. The summed E-state index contributed by atoms with van der Waals surface area (Å²) < 4.78 is 10.1. The van der Waals surface area contributed by atoms with E-state index < -0.39 is 6.49 Å². The van der Waals surface area contributed by atoms with Crippen molar-refractivity contribution in [1.82, 2.24) is 9.34 Å². The number of aryl methyl sites for hydroxylation is 1. The van der Waals surface area contributed by atoms with Gasteiger partial charge in [0.05, 0.1) is 0 Å². The standard InChI is InChI=1S/C20H24N3O2PS/c24-20(25-16-18-4-2-1-3-5-18)11-8-17-6-9-19(10-7-17)21-26(27,22-12-13-22)23-14-15-23/h1-7,9-10H,8,11-16H2,(H,21,27). The third-order valence-corrected chi connectivity index (χ3v) is 9.25. The van der Waals surface area contributed by atoms with E-state index in [1.807, 2.05) is 30.3 Å². The largest absolute Gasteiger partial charge is 0.461 e. The summed E-state index contributed by atoms with van der Waals surface area (Å²) in [4.78, 5) is 12.0. The molecule has 27 heavy (non-hydrogen) atoms. The zero-order valence-corrected chi connectivity index (χ0v) is 16.9. The molecular formula is C20H24N3O2PS. The number of rotatable bonds is 9. The number of benzene rings is 2. The minimum Gasteiger partial charge on any atom is -0.461 e. The van der Waals surface area contributed by atoms with Gasteiger partial charge in [-0.2, -0.15) is 0 Å². The Morgan fingerprint density at radius 3 is 2.19 bits per heavy atom. The lowest BCUT2D eigenvalue weighted by Gasteiger charge is -2.26. The average molecular weight is 401 g/mol. The summed E-state index contributed by atoms with van der Waals surface area (Å²) in [5.41, 5.74) is 3.20. The average Bonchev–Trinajstić information content (AvgIpc) is 3.58. The monoisotopic (exact) mass is 401 g/mol. The van der Waals surface area contributed by atoms with E-state index in [4.69, 9.17) is 16.5 Å². The van der Waals surface area contributed by atoms with E-state index in [2.05, 4.69) is 38.7 Å².